The van der Waals surface area contributed by atoms with Crippen molar-refractivity contribution in [1.82, 2.24) is 25.3 Å². The van der Waals surface area contributed by atoms with Gasteiger partial charge in [0.25, 0.3) is 0 Å². The molecule has 27 heavy (non-hydrogen) atoms. The van der Waals surface area contributed by atoms with Crippen LogP contribution in [0.15, 0.2) is 4.99 Å². The van der Waals surface area contributed by atoms with Crippen LogP contribution in [0.3, 0.4) is 0 Å². The van der Waals surface area contributed by atoms with Gasteiger partial charge in [-0.1, -0.05) is 0 Å². The van der Waals surface area contributed by atoms with Gasteiger partial charge in [-0.3, -0.25) is 19.5 Å². The number of nitrogens with one attached hydrogen (secondary N) is 2. The molecule has 2 aliphatic rings. The van der Waals surface area contributed by atoms with Crippen LogP contribution in [0.4, 0.5) is 0 Å². The number of aliphatic imine (C=N–C) groups is 1. The number of rotatable bonds is 5. The summed E-state index contributed by atoms with van der Waals surface area (Å²) in [5.41, 5.74) is 0. The van der Waals surface area contributed by atoms with Crippen molar-refractivity contribution in [3.05, 3.63) is 0 Å². The predicted octanol–water partition coefficient (Wildman–Crippen LogP) is -0.819. The van der Waals surface area contributed by atoms with Crippen LogP contribution in [-0.4, -0.2) is 111 Å². The van der Waals surface area contributed by atoms with E-state index in [4.69, 9.17) is 4.74 Å². The molecular weight excluding hydrogens is 463 g/mol. The lowest BCUT2D eigenvalue weighted by Crippen LogP contribution is -2.55. The van der Waals surface area contributed by atoms with Crippen LogP contribution >= 0.6 is 24.0 Å². The van der Waals surface area contributed by atoms with Gasteiger partial charge >= 0.3 is 0 Å². The lowest BCUT2D eigenvalue weighted by molar-refractivity contribution is -0.136. The Balaban J connectivity index is 0.00000364. The van der Waals surface area contributed by atoms with E-state index in [1.54, 1.807) is 7.05 Å². The molecule has 2 amide bonds. The first-order valence-electron chi connectivity index (χ1n) is 9.32. The molecule has 0 aromatic heterocycles. The topological polar surface area (TPSA) is 89.5 Å². The first kappa shape index (κ1) is 23.9. The van der Waals surface area contributed by atoms with Crippen LogP contribution in [0, 0.1) is 0 Å². The molecule has 156 valence electrons. The maximum absolute atomic E-state index is 12.3. The molecule has 0 aromatic rings. The summed E-state index contributed by atoms with van der Waals surface area (Å²) in [7, 11) is 1.72. The number of nitrogens with zero attached hydrogens (tertiary/aromatic N) is 4. The van der Waals surface area contributed by atoms with Crippen molar-refractivity contribution in [2.24, 2.45) is 4.99 Å². The highest BCUT2D eigenvalue weighted by molar-refractivity contribution is 14.0. The van der Waals surface area contributed by atoms with Gasteiger partial charge in [0.1, 0.15) is 0 Å². The van der Waals surface area contributed by atoms with Gasteiger partial charge in [-0.2, -0.15) is 0 Å². The minimum atomic E-state index is -0.0455. The first-order chi connectivity index (χ1) is 12.5. The average Bonchev–Trinajstić information content (AvgIpc) is 2.63. The molecule has 0 aliphatic carbocycles. The zero-order valence-corrected chi connectivity index (χ0v) is 18.9. The molecule has 2 heterocycles. The Morgan fingerprint density at radius 3 is 2.22 bits per heavy atom. The molecule has 2 N–H and O–H groups in total. The Hall–Kier alpha value is -1.14. The summed E-state index contributed by atoms with van der Waals surface area (Å²) in [6.45, 7) is 10.3. The molecule has 9 nitrogen and oxygen atoms in total. The molecule has 2 rings (SSSR count). The van der Waals surface area contributed by atoms with Crippen LogP contribution in [0.5, 0.6) is 0 Å². The van der Waals surface area contributed by atoms with Gasteiger partial charge in [-0.15, -0.1) is 24.0 Å². The van der Waals surface area contributed by atoms with E-state index in [0.29, 0.717) is 32.8 Å². The van der Waals surface area contributed by atoms with Gasteiger partial charge < -0.3 is 25.2 Å². The lowest BCUT2D eigenvalue weighted by Gasteiger charge is -2.37. The normalized spacial score (nSPS) is 18.9. The first-order valence-corrected chi connectivity index (χ1v) is 9.32. The third kappa shape index (κ3) is 8.18. The van der Waals surface area contributed by atoms with Crippen molar-refractivity contribution in [3.8, 4) is 0 Å². The number of carbonyl (C=O) groups excluding carboxylic acids is 2. The van der Waals surface area contributed by atoms with Crippen LogP contribution in [0.2, 0.25) is 0 Å². The predicted molar refractivity (Wildman–Crippen MR) is 115 cm³/mol. The van der Waals surface area contributed by atoms with Gasteiger partial charge in [-0.05, 0) is 13.8 Å². The quantitative estimate of drug-likeness (QED) is 0.294. The van der Waals surface area contributed by atoms with E-state index in [9.17, 15) is 9.59 Å². The number of halogens is 1. The zero-order chi connectivity index (χ0) is 18.9. The Bertz CT molecular complexity index is 503. The number of morpholine rings is 1. The smallest absolute Gasteiger partial charge is 0.239 e. The number of piperazine rings is 1. The molecule has 0 saturated carbocycles. The summed E-state index contributed by atoms with van der Waals surface area (Å²) in [5.74, 6) is 0.855. The minimum Gasteiger partial charge on any atom is -0.378 e. The molecule has 0 atom stereocenters. The second kappa shape index (κ2) is 12.3. The summed E-state index contributed by atoms with van der Waals surface area (Å²) >= 11 is 0. The second-order valence-electron chi connectivity index (χ2n) is 6.88. The van der Waals surface area contributed by atoms with Crippen LogP contribution < -0.4 is 10.6 Å². The zero-order valence-electron chi connectivity index (χ0n) is 16.6. The van der Waals surface area contributed by atoms with Crippen LogP contribution in [0.25, 0.3) is 0 Å². The van der Waals surface area contributed by atoms with E-state index in [1.165, 1.54) is 0 Å². The summed E-state index contributed by atoms with van der Waals surface area (Å²) in [4.78, 5) is 34.6. The number of carbonyl (C=O) groups is 2. The Morgan fingerprint density at radius 2 is 1.67 bits per heavy atom. The molecular formula is C17H33IN6O3. The Labute approximate surface area is 178 Å². The fourth-order valence-electron chi connectivity index (χ4n) is 3.09. The maximum atomic E-state index is 12.3. The van der Waals surface area contributed by atoms with Crippen molar-refractivity contribution >= 4 is 41.8 Å². The number of ether oxygens (including phenoxy) is 1. The van der Waals surface area contributed by atoms with Crippen LogP contribution in [0.1, 0.15) is 13.8 Å². The van der Waals surface area contributed by atoms with Gasteiger partial charge in [-0.25, -0.2) is 0 Å². The molecule has 0 radical (unpaired) electrons. The number of guanidine groups is 1. The maximum Gasteiger partial charge on any atom is 0.239 e. The van der Waals surface area contributed by atoms with E-state index in [2.05, 4.69) is 25.4 Å². The molecule has 0 spiro atoms. The number of hydrogen-bond acceptors (Lipinski definition) is 5. The largest absolute Gasteiger partial charge is 0.378 e. The van der Waals surface area contributed by atoms with Crippen molar-refractivity contribution in [3.63, 3.8) is 0 Å². The molecule has 10 heteroatoms. The van der Waals surface area contributed by atoms with Crippen molar-refractivity contribution < 1.29 is 14.3 Å². The third-order valence-corrected chi connectivity index (χ3v) is 4.46. The Kier molecular flexibility index (Phi) is 10.9. The fraction of sp³-hybridized carbons (Fsp3) is 0.824. The SMILES string of the molecule is CN=C(NCC(=O)NC(C)C)N1CCN(CC(=O)N2CCOCC2)CC1.I. The van der Waals surface area contributed by atoms with Gasteiger partial charge in [0.2, 0.25) is 11.8 Å². The minimum absolute atomic E-state index is 0. The van der Waals surface area contributed by atoms with Crippen molar-refractivity contribution in [1.29, 1.82) is 0 Å². The molecule has 2 saturated heterocycles. The van der Waals surface area contributed by atoms with E-state index in [0.717, 1.165) is 32.1 Å². The monoisotopic (exact) mass is 496 g/mol. The standard InChI is InChI=1S/C17H32N6O3.HI/c1-14(2)20-15(24)12-19-17(18-3)23-6-4-21(5-7-23)13-16(25)22-8-10-26-11-9-22;/h14H,4-13H2,1-3H3,(H,18,19)(H,20,24);1H. The Morgan fingerprint density at radius 1 is 1.04 bits per heavy atom. The molecule has 0 bridgehead atoms. The third-order valence-electron chi connectivity index (χ3n) is 4.46. The summed E-state index contributed by atoms with van der Waals surface area (Å²) in [6.07, 6.45) is 0. The number of amides is 2. The van der Waals surface area contributed by atoms with Gasteiger partial charge in [0.05, 0.1) is 26.3 Å². The highest BCUT2D eigenvalue weighted by atomic mass is 127. The average molecular weight is 496 g/mol. The van der Waals surface area contributed by atoms with Gasteiger partial charge in [0.15, 0.2) is 5.96 Å². The molecule has 2 fully saturated rings. The van der Waals surface area contributed by atoms with E-state index >= 15 is 0 Å². The molecule has 0 aromatic carbocycles. The van der Waals surface area contributed by atoms with E-state index in [1.807, 2.05) is 18.7 Å². The van der Waals surface area contributed by atoms with Gasteiger partial charge in [0, 0.05) is 52.4 Å². The summed E-state index contributed by atoms with van der Waals surface area (Å²) in [6, 6.07) is 0.124. The lowest BCUT2D eigenvalue weighted by atomic mass is 10.3. The summed E-state index contributed by atoms with van der Waals surface area (Å²) in [5, 5.41) is 5.96. The molecule has 2 aliphatic heterocycles. The second-order valence-corrected chi connectivity index (χ2v) is 6.88. The number of hydrogen-bond donors (Lipinski definition) is 2. The van der Waals surface area contributed by atoms with Crippen LogP contribution in [-0.2, 0) is 14.3 Å². The van der Waals surface area contributed by atoms with Crippen molar-refractivity contribution in [2.75, 3.05) is 72.6 Å². The van der Waals surface area contributed by atoms with Crippen molar-refractivity contribution in [2.45, 2.75) is 19.9 Å². The fourth-order valence-corrected chi connectivity index (χ4v) is 3.09. The molecule has 0 unspecified atom stereocenters. The summed E-state index contributed by atoms with van der Waals surface area (Å²) < 4.78 is 5.29. The highest BCUT2D eigenvalue weighted by Crippen LogP contribution is 2.05. The van der Waals surface area contributed by atoms with E-state index in [-0.39, 0.29) is 48.4 Å². The van der Waals surface area contributed by atoms with E-state index < -0.39 is 0 Å². The highest BCUT2D eigenvalue weighted by Gasteiger charge is 2.24.